The molecule has 0 bridgehead atoms. The third-order valence-electron chi connectivity index (χ3n) is 5.49. The minimum Gasteiger partial charge on any atom is -0.548 e. The monoisotopic (exact) mass is 421 g/mol. The zero-order valence-electron chi connectivity index (χ0n) is 16.5. The van der Waals surface area contributed by atoms with Gasteiger partial charge in [0.2, 0.25) is 11.8 Å². The van der Waals surface area contributed by atoms with Crippen molar-refractivity contribution in [1.29, 1.82) is 0 Å². The first kappa shape index (κ1) is 23.5. The molecule has 3 amide bonds. The molecule has 0 spiro atoms. The summed E-state index contributed by atoms with van der Waals surface area (Å²) in [6.07, 6.45) is -0.451. The number of aliphatic hydroxyl groups is 1. The Morgan fingerprint density at radius 1 is 1.39 bits per heavy atom. The molecule has 3 heterocycles. The van der Waals surface area contributed by atoms with E-state index < -0.39 is 52.0 Å². The summed E-state index contributed by atoms with van der Waals surface area (Å²) in [5, 5.41) is 24.1. The molecule has 150 valence electrons. The fourth-order valence-electron chi connectivity index (χ4n) is 4.23. The van der Waals surface area contributed by atoms with E-state index in [1.54, 1.807) is 20.8 Å². The summed E-state index contributed by atoms with van der Waals surface area (Å²) in [7, 11) is 0. The number of nitrogens with one attached hydrogen (secondary N) is 1. The van der Waals surface area contributed by atoms with E-state index in [0.717, 1.165) is 0 Å². The average Bonchev–Trinajstić information content (AvgIpc) is 3.15. The smallest absolute Gasteiger partial charge is 0.548 e. The van der Waals surface area contributed by atoms with Gasteiger partial charge in [0.1, 0.15) is 18.1 Å². The van der Waals surface area contributed by atoms with Crippen LogP contribution in [0, 0.1) is 5.92 Å². The summed E-state index contributed by atoms with van der Waals surface area (Å²) in [4.78, 5) is 51.4. The molecule has 11 heteroatoms. The van der Waals surface area contributed by atoms with E-state index in [2.05, 4.69) is 5.32 Å². The van der Waals surface area contributed by atoms with Crippen molar-refractivity contribution in [3.8, 4) is 0 Å². The molecule has 2 N–H and O–H groups in total. The molecular formula is C17H24N3NaO6S. The molecule has 0 radical (unpaired) electrons. The van der Waals surface area contributed by atoms with Crippen LogP contribution in [0.15, 0.2) is 0 Å². The molecule has 3 aliphatic heterocycles. The van der Waals surface area contributed by atoms with Crippen LogP contribution >= 0.6 is 11.8 Å². The quantitative estimate of drug-likeness (QED) is 0.336. The van der Waals surface area contributed by atoms with Crippen LogP contribution in [-0.4, -0.2) is 80.0 Å². The number of carbonyl (C=O) groups is 4. The van der Waals surface area contributed by atoms with Gasteiger partial charge in [-0.2, -0.15) is 0 Å². The molecule has 0 saturated carbocycles. The van der Waals surface area contributed by atoms with Crippen molar-refractivity contribution in [2.45, 2.75) is 61.9 Å². The van der Waals surface area contributed by atoms with E-state index in [1.807, 2.05) is 0 Å². The van der Waals surface area contributed by atoms with Crippen molar-refractivity contribution in [2.24, 2.45) is 5.92 Å². The first-order chi connectivity index (χ1) is 12.6. The fourth-order valence-corrected chi connectivity index (χ4v) is 5.94. The Hall–Kier alpha value is -0.810. The van der Waals surface area contributed by atoms with Gasteiger partial charge in [-0.3, -0.25) is 14.4 Å². The number of carboxylic acid groups (broad SMARTS) is 1. The fraction of sp³-hybridized carbons (Fsp3) is 0.765. The zero-order chi connectivity index (χ0) is 20.1. The van der Waals surface area contributed by atoms with Gasteiger partial charge in [-0.15, -0.1) is 11.8 Å². The second-order valence-electron chi connectivity index (χ2n) is 7.63. The summed E-state index contributed by atoms with van der Waals surface area (Å²) in [5.41, 5.74) is 0. The molecule has 9 nitrogen and oxygen atoms in total. The van der Waals surface area contributed by atoms with Crippen LogP contribution in [0.4, 0.5) is 0 Å². The maximum Gasteiger partial charge on any atom is 1.00 e. The number of thioether (sulfide) groups is 1. The van der Waals surface area contributed by atoms with Crippen LogP contribution in [-0.2, 0) is 19.2 Å². The number of nitrogens with zero attached hydrogens (tertiary/aromatic N) is 2. The number of likely N-dealkylation sites (tertiary alicyclic amines) is 1. The Morgan fingerprint density at radius 3 is 2.61 bits per heavy atom. The molecule has 28 heavy (non-hydrogen) atoms. The topological polar surface area (TPSA) is 130 Å². The van der Waals surface area contributed by atoms with Crippen molar-refractivity contribution in [2.75, 3.05) is 13.1 Å². The number of carbonyl (C=O) groups excluding carboxylic acids is 4. The Bertz CT molecular complexity index is 690. The van der Waals surface area contributed by atoms with Crippen LogP contribution < -0.4 is 40.0 Å². The predicted octanol–water partition coefficient (Wildman–Crippen LogP) is -5.09. The number of β-lactam (4-membered cyclic amide) rings is 1. The number of hydrogen-bond acceptors (Lipinski definition) is 7. The Morgan fingerprint density at radius 2 is 2.04 bits per heavy atom. The Kier molecular flexibility index (Phi) is 7.13. The van der Waals surface area contributed by atoms with Crippen molar-refractivity contribution in [3.63, 3.8) is 0 Å². The van der Waals surface area contributed by atoms with Crippen LogP contribution in [0.2, 0.25) is 0 Å². The third-order valence-corrected chi connectivity index (χ3v) is 7.08. The molecule has 0 aromatic heterocycles. The van der Waals surface area contributed by atoms with E-state index in [9.17, 15) is 29.4 Å². The largest absolute Gasteiger partial charge is 1.00 e. The first-order valence-electron chi connectivity index (χ1n) is 9.09. The molecule has 0 aromatic carbocycles. The number of aliphatic carboxylic acids is 1. The van der Waals surface area contributed by atoms with E-state index in [0.29, 0.717) is 25.9 Å². The van der Waals surface area contributed by atoms with E-state index in [4.69, 9.17) is 0 Å². The molecule has 0 unspecified atom stereocenters. The first-order valence-corrected chi connectivity index (χ1v) is 9.97. The van der Waals surface area contributed by atoms with Crippen LogP contribution in [0.3, 0.4) is 0 Å². The zero-order valence-corrected chi connectivity index (χ0v) is 19.3. The second-order valence-corrected chi connectivity index (χ2v) is 9.40. The van der Waals surface area contributed by atoms with Crippen LogP contribution in [0.1, 0.15) is 33.6 Å². The normalized spacial score (nSPS) is 31.5. The summed E-state index contributed by atoms with van der Waals surface area (Å²) in [6.45, 7) is 5.95. The van der Waals surface area contributed by atoms with Gasteiger partial charge >= 0.3 is 29.6 Å². The molecule has 3 aliphatic rings. The van der Waals surface area contributed by atoms with Crippen molar-refractivity contribution in [1.82, 2.24) is 15.1 Å². The minimum atomic E-state index is -1.60. The number of amides is 3. The summed E-state index contributed by atoms with van der Waals surface area (Å²) >= 11 is 1.24. The number of hydrogen-bond donors (Lipinski definition) is 2. The van der Waals surface area contributed by atoms with E-state index >= 15 is 0 Å². The number of likely N-dealkylation sites (N-methyl/N-ethyl adjacent to an activating group) is 1. The van der Waals surface area contributed by atoms with Gasteiger partial charge in [0.05, 0.1) is 17.4 Å². The molecule has 5 atom stereocenters. The van der Waals surface area contributed by atoms with Gasteiger partial charge in [-0.05, 0) is 33.6 Å². The number of fused-ring (bicyclic) bond motifs is 1. The molecule has 3 rings (SSSR count). The summed E-state index contributed by atoms with van der Waals surface area (Å²) in [5.74, 6) is -3.86. The van der Waals surface area contributed by atoms with E-state index in [1.165, 1.54) is 21.6 Å². The maximum atomic E-state index is 12.8. The van der Waals surface area contributed by atoms with Crippen LogP contribution in [0.5, 0.6) is 0 Å². The average molecular weight is 421 g/mol. The van der Waals surface area contributed by atoms with Gasteiger partial charge < -0.3 is 30.1 Å². The molecule has 3 saturated heterocycles. The Balaban J connectivity index is 0.00000280. The molecule has 0 aromatic rings. The minimum absolute atomic E-state index is 0. The number of carboxylic acids is 1. The van der Waals surface area contributed by atoms with Crippen LogP contribution in [0.25, 0.3) is 0 Å². The van der Waals surface area contributed by atoms with Gasteiger partial charge in [0.25, 0.3) is 5.91 Å². The maximum absolute atomic E-state index is 12.8. The predicted molar refractivity (Wildman–Crippen MR) is 94.0 cm³/mol. The molecule has 0 aliphatic carbocycles. The molecular weight excluding hydrogens is 397 g/mol. The van der Waals surface area contributed by atoms with Gasteiger partial charge in [-0.25, -0.2) is 0 Å². The van der Waals surface area contributed by atoms with Gasteiger partial charge in [0.15, 0.2) is 0 Å². The van der Waals surface area contributed by atoms with E-state index in [-0.39, 0.29) is 35.5 Å². The van der Waals surface area contributed by atoms with Gasteiger partial charge in [-0.1, -0.05) is 0 Å². The second kappa shape index (κ2) is 8.51. The summed E-state index contributed by atoms with van der Waals surface area (Å²) in [6, 6.07) is -1.75. The Labute approximate surface area is 189 Å². The number of aliphatic hydroxyl groups excluding tert-OH is 1. The summed E-state index contributed by atoms with van der Waals surface area (Å²) < 4.78 is -0.784. The SMILES string of the molecule is CCNC(=O)[C@@H]1CCCN1C(=O)[C@@H](O)[C@@H]1C(=O)N2[C@@H]1SC(C)(C)[C@@H]2C(=O)[O-].[Na+]. The van der Waals surface area contributed by atoms with Crippen molar-refractivity contribution >= 4 is 35.5 Å². The molecule has 3 fully saturated rings. The third kappa shape index (κ3) is 3.69. The van der Waals surface area contributed by atoms with Gasteiger partial charge in [0, 0.05) is 17.8 Å². The number of rotatable bonds is 5. The van der Waals surface area contributed by atoms with Crippen molar-refractivity contribution in [3.05, 3.63) is 0 Å². The van der Waals surface area contributed by atoms with Crippen molar-refractivity contribution < 1.29 is 58.9 Å². The standard InChI is InChI=1S/C17H25N3O6S.Na/c1-4-18-12(22)8-6-5-7-19(8)14(24)10(21)9-13(23)20-11(16(25)26)17(2,3)27-15(9)20;/h8-11,15,21H,4-7H2,1-3H3,(H,18,22)(H,25,26);/q;+1/p-1/t8-,9+,10-,11-,15+;/m0./s1.